The van der Waals surface area contributed by atoms with E-state index in [2.05, 4.69) is 6.92 Å². The molecule has 1 aliphatic rings. The first-order valence-electron chi connectivity index (χ1n) is 5.87. The molecule has 0 unspecified atom stereocenters. The van der Waals surface area contributed by atoms with E-state index in [1.807, 2.05) is 13.8 Å². The fourth-order valence-electron chi connectivity index (χ4n) is 1.88. The van der Waals surface area contributed by atoms with E-state index < -0.39 is 0 Å². The van der Waals surface area contributed by atoms with Crippen LogP contribution in [0.25, 0.3) is 0 Å². The minimum atomic E-state index is -0.163. The molecule has 0 aromatic carbocycles. The van der Waals surface area contributed by atoms with E-state index in [9.17, 15) is 4.79 Å². The van der Waals surface area contributed by atoms with Crippen LogP contribution in [0.2, 0.25) is 0 Å². The second kappa shape index (κ2) is 5.08. The van der Waals surface area contributed by atoms with Crippen molar-refractivity contribution in [1.82, 2.24) is 0 Å². The number of carbonyl (C=O) groups excluding carboxylic acids is 1. The molecule has 0 heterocycles. The third kappa shape index (κ3) is 3.02. The summed E-state index contributed by atoms with van der Waals surface area (Å²) in [4.78, 5) is 12.0. The molecule has 0 atom stereocenters. The summed E-state index contributed by atoms with van der Waals surface area (Å²) in [7, 11) is 0. The largest absolute Gasteiger partial charge is 0.377 e. The van der Waals surface area contributed by atoms with Crippen molar-refractivity contribution in [2.24, 2.45) is 17.1 Å². The van der Waals surface area contributed by atoms with Gasteiger partial charge in [0, 0.05) is 17.9 Å². The van der Waals surface area contributed by atoms with Crippen LogP contribution in [0.5, 0.6) is 0 Å². The molecule has 3 heteroatoms. The summed E-state index contributed by atoms with van der Waals surface area (Å²) in [6, 6.07) is 0. The monoisotopic (exact) mass is 213 g/mol. The zero-order valence-corrected chi connectivity index (χ0v) is 10.1. The van der Waals surface area contributed by atoms with E-state index in [0.29, 0.717) is 18.9 Å². The molecular formula is C12H23NO2. The molecule has 0 spiro atoms. The smallest absolute Gasteiger partial charge is 0.141 e. The number of nitrogens with two attached hydrogens (primary N) is 1. The first-order chi connectivity index (χ1) is 7.01. The summed E-state index contributed by atoms with van der Waals surface area (Å²) in [5.74, 6) is 0.625. The van der Waals surface area contributed by atoms with E-state index in [0.717, 1.165) is 19.3 Å². The number of ether oxygens (including phenoxy) is 1. The van der Waals surface area contributed by atoms with Crippen molar-refractivity contribution in [2.75, 3.05) is 13.2 Å². The third-order valence-electron chi connectivity index (χ3n) is 3.49. The Labute approximate surface area is 92.4 Å². The summed E-state index contributed by atoms with van der Waals surface area (Å²) < 4.78 is 5.48. The first-order valence-corrected chi connectivity index (χ1v) is 5.87. The first kappa shape index (κ1) is 12.7. The predicted octanol–water partition coefficient (Wildman–Crippen LogP) is 1.75. The van der Waals surface area contributed by atoms with Gasteiger partial charge in [-0.1, -0.05) is 20.8 Å². The molecule has 2 N–H and O–H groups in total. The number of rotatable bonds is 6. The maximum absolute atomic E-state index is 12.0. The van der Waals surface area contributed by atoms with Crippen LogP contribution in [-0.2, 0) is 9.53 Å². The lowest BCUT2D eigenvalue weighted by molar-refractivity contribution is -0.140. The molecule has 88 valence electrons. The van der Waals surface area contributed by atoms with Crippen LogP contribution in [0.3, 0.4) is 0 Å². The summed E-state index contributed by atoms with van der Waals surface area (Å²) in [6.45, 7) is 7.31. The number of hydrogen-bond acceptors (Lipinski definition) is 3. The molecular weight excluding hydrogens is 190 g/mol. The van der Waals surface area contributed by atoms with Gasteiger partial charge in [-0.3, -0.25) is 4.79 Å². The highest BCUT2D eigenvalue weighted by Crippen LogP contribution is 2.37. The van der Waals surface area contributed by atoms with E-state index in [1.54, 1.807) is 0 Å². The van der Waals surface area contributed by atoms with E-state index in [1.165, 1.54) is 0 Å². The lowest BCUT2D eigenvalue weighted by Gasteiger charge is -2.38. The quantitative estimate of drug-likeness (QED) is 0.731. The summed E-state index contributed by atoms with van der Waals surface area (Å²) in [6.07, 6.45) is 2.97. The van der Waals surface area contributed by atoms with E-state index in [-0.39, 0.29) is 17.4 Å². The van der Waals surface area contributed by atoms with Gasteiger partial charge >= 0.3 is 0 Å². The van der Waals surface area contributed by atoms with Crippen molar-refractivity contribution in [2.45, 2.75) is 46.1 Å². The zero-order valence-electron chi connectivity index (χ0n) is 10.1. The van der Waals surface area contributed by atoms with Crippen molar-refractivity contribution in [3.05, 3.63) is 0 Å². The lowest BCUT2D eigenvalue weighted by atomic mass is 9.70. The van der Waals surface area contributed by atoms with Gasteiger partial charge in [0.2, 0.25) is 0 Å². The SMILES string of the molecule is CCC(C)(C)C(=O)C1CC(OCCN)C1. The van der Waals surface area contributed by atoms with Crippen LogP contribution >= 0.6 is 0 Å². The van der Waals surface area contributed by atoms with Crippen molar-refractivity contribution in [3.8, 4) is 0 Å². The van der Waals surface area contributed by atoms with Crippen LogP contribution in [0.1, 0.15) is 40.0 Å². The average molecular weight is 213 g/mol. The number of carbonyl (C=O) groups is 1. The molecule has 1 fully saturated rings. The van der Waals surface area contributed by atoms with Gasteiger partial charge in [0.15, 0.2) is 0 Å². The highest BCUT2D eigenvalue weighted by molar-refractivity contribution is 5.87. The topological polar surface area (TPSA) is 52.3 Å². The summed E-state index contributed by atoms with van der Waals surface area (Å²) >= 11 is 0. The molecule has 0 aliphatic heterocycles. The Balaban J connectivity index is 2.29. The minimum absolute atomic E-state index is 0.163. The molecule has 15 heavy (non-hydrogen) atoms. The van der Waals surface area contributed by atoms with Gasteiger partial charge in [-0.05, 0) is 19.3 Å². The maximum Gasteiger partial charge on any atom is 0.141 e. The molecule has 0 aromatic heterocycles. The van der Waals surface area contributed by atoms with Crippen molar-refractivity contribution < 1.29 is 9.53 Å². The highest BCUT2D eigenvalue weighted by atomic mass is 16.5. The Morgan fingerprint density at radius 1 is 1.47 bits per heavy atom. The zero-order chi connectivity index (χ0) is 11.5. The Morgan fingerprint density at radius 2 is 2.07 bits per heavy atom. The number of ketones is 1. The molecule has 0 radical (unpaired) electrons. The lowest BCUT2D eigenvalue weighted by Crippen LogP contribution is -2.42. The van der Waals surface area contributed by atoms with Crippen LogP contribution in [0.15, 0.2) is 0 Å². The van der Waals surface area contributed by atoms with Gasteiger partial charge in [-0.2, -0.15) is 0 Å². The average Bonchev–Trinajstić information content (AvgIpc) is 2.15. The van der Waals surface area contributed by atoms with Crippen LogP contribution < -0.4 is 5.73 Å². The Morgan fingerprint density at radius 3 is 2.53 bits per heavy atom. The maximum atomic E-state index is 12.0. The predicted molar refractivity (Wildman–Crippen MR) is 60.6 cm³/mol. The molecule has 0 amide bonds. The third-order valence-corrected chi connectivity index (χ3v) is 3.49. The molecule has 0 saturated heterocycles. The summed E-state index contributed by atoms with van der Waals surface area (Å²) in [5.41, 5.74) is 5.19. The highest BCUT2D eigenvalue weighted by Gasteiger charge is 2.40. The van der Waals surface area contributed by atoms with Gasteiger partial charge in [-0.15, -0.1) is 0 Å². The van der Waals surface area contributed by atoms with Crippen LogP contribution in [-0.4, -0.2) is 25.0 Å². The standard InChI is InChI=1S/C12H23NO2/c1-4-12(2,3)11(14)9-7-10(8-9)15-6-5-13/h9-10H,4-8,13H2,1-3H3. The van der Waals surface area contributed by atoms with Crippen molar-refractivity contribution in [1.29, 1.82) is 0 Å². The van der Waals surface area contributed by atoms with Gasteiger partial charge in [0.25, 0.3) is 0 Å². The van der Waals surface area contributed by atoms with E-state index in [4.69, 9.17) is 10.5 Å². The van der Waals surface area contributed by atoms with Gasteiger partial charge in [0.1, 0.15) is 5.78 Å². The second-order valence-electron chi connectivity index (χ2n) is 5.05. The van der Waals surface area contributed by atoms with Crippen molar-refractivity contribution in [3.63, 3.8) is 0 Å². The Bertz CT molecular complexity index is 220. The molecule has 1 aliphatic carbocycles. The molecule has 3 nitrogen and oxygen atoms in total. The van der Waals surface area contributed by atoms with Gasteiger partial charge < -0.3 is 10.5 Å². The molecule has 1 saturated carbocycles. The second-order valence-corrected chi connectivity index (χ2v) is 5.05. The molecule has 1 rings (SSSR count). The fraction of sp³-hybridized carbons (Fsp3) is 0.917. The van der Waals surface area contributed by atoms with Crippen LogP contribution in [0.4, 0.5) is 0 Å². The summed E-state index contributed by atoms with van der Waals surface area (Å²) in [5, 5.41) is 0. The Hall–Kier alpha value is -0.410. The van der Waals surface area contributed by atoms with Crippen molar-refractivity contribution >= 4 is 5.78 Å². The fourth-order valence-corrected chi connectivity index (χ4v) is 1.88. The Kier molecular flexibility index (Phi) is 4.29. The van der Waals surface area contributed by atoms with Gasteiger partial charge in [-0.25, -0.2) is 0 Å². The number of hydrogen-bond donors (Lipinski definition) is 1. The number of Topliss-reactive ketones (excluding diaryl/α,β-unsaturated/α-hetero) is 1. The van der Waals surface area contributed by atoms with E-state index >= 15 is 0 Å². The van der Waals surface area contributed by atoms with Crippen LogP contribution in [0, 0.1) is 11.3 Å². The van der Waals surface area contributed by atoms with Gasteiger partial charge in [0.05, 0.1) is 12.7 Å². The minimum Gasteiger partial charge on any atom is -0.377 e. The normalized spacial score (nSPS) is 26.1. The molecule has 0 aromatic rings. The molecule has 0 bridgehead atoms.